The molecule has 110 valence electrons. The molecule has 1 N–H and O–H groups in total. The van der Waals surface area contributed by atoms with Gasteiger partial charge < -0.3 is 14.8 Å². The number of ether oxygens (including phenoxy) is 2. The van der Waals surface area contributed by atoms with Gasteiger partial charge in [0.25, 0.3) is 0 Å². The molecule has 20 heavy (non-hydrogen) atoms. The Kier molecular flexibility index (Phi) is 4.14. The SMILES string of the molecule is CCN1CCOC(c2nc3c(c(NC)n2)COCC3)C1. The van der Waals surface area contributed by atoms with Crippen LogP contribution in [0.3, 0.4) is 0 Å². The standard InChI is InChI=1S/C14H22N4O2/c1-3-18-5-7-20-12(8-18)14-16-11-4-6-19-9-10(11)13(15-2)17-14/h12H,3-9H2,1-2H3,(H,15,16,17). The predicted molar refractivity (Wildman–Crippen MR) is 75.7 cm³/mol. The van der Waals surface area contributed by atoms with Gasteiger partial charge in [0.2, 0.25) is 0 Å². The average Bonchev–Trinajstić information content (AvgIpc) is 2.53. The maximum Gasteiger partial charge on any atom is 0.161 e. The van der Waals surface area contributed by atoms with Crippen LogP contribution in [0, 0.1) is 0 Å². The fraction of sp³-hybridized carbons (Fsp3) is 0.714. The van der Waals surface area contributed by atoms with E-state index >= 15 is 0 Å². The van der Waals surface area contributed by atoms with E-state index in [1.165, 1.54) is 0 Å². The van der Waals surface area contributed by atoms with Gasteiger partial charge >= 0.3 is 0 Å². The Balaban J connectivity index is 1.89. The number of hydrogen-bond acceptors (Lipinski definition) is 6. The quantitative estimate of drug-likeness (QED) is 0.889. The molecule has 6 heteroatoms. The number of nitrogens with zero attached hydrogens (tertiary/aromatic N) is 3. The minimum Gasteiger partial charge on any atom is -0.376 e. The Bertz CT molecular complexity index is 463. The monoisotopic (exact) mass is 278 g/mol. The lowest BCUT2D eigenvalue weighted by Crippen LogP contribution is -2.39. The van der Waals surface area contributed by atoms with E-state index in [-0.39, 0.29) is 6.10 Å². The van der Waals surface area contributed by atoms with Crippen LogP contribution >= 0.6 is 0 Å². The van der Waals surface area contributed by atoms with Crippen LogP contribution in [0.25, 0.3) is 0 Å². The number of nitrogens with one attached hydrogen (secondary N) is 1. The summed E-state index contributed by atoms with van der Waals surface area (Å²) < 4.78 is 11.4. The fourth-order valence-corrected chi connectivity index (χ4v) is 2.75. The first-order valence-electron chi connectivity index (χ1n) is 7.31. The molecule has 2 aliphatic rings. The number of aromatic nitrogens is 2. The number of rotatable bonds is 3. The molecule has 1 unspecified atom stereocenters. The summed E-state index contributed by atoms with van der Waals surface area (Å²) in [4.78, 5) is 11.7. The van der Waals surface area contributed by atoms with Crippen LogP contribution < -0.4 is 5.32 Å². The lowest BCUT2D eigenvalue weighted by Gasteiger charge is -2.32. The second-order valence-electron chi connectivity index (χ2n) is 5.16. The van der Waals surface area contributed by atoms with Gasteiger partial charge in [-0.3, -0.25) is 4.90 Å². The van der Waals surface area contributed by atoms with Gasteiger partial charge in [-0.15, -0.1) is 0 Å². The van der Waals surface area contributed by atoms with E-state index in [4.69, 9.17) is 14.5 Å². The molecule has 2 aliphatic heterocycles. The third-order valence-electron chi connectivity index (χ3n) is 3.96. The highest BCUT2D eigenvalue weighted by Gasteiger charge is 2.26. The van der Waals surface area contributed by atoms with E-state index < -0.39 is 0 Å². The van der Waals surface area contributed by atoms with Gasteiger partial charge in [-0.05, 0) is 6.54 Å². The summed E-state index contributed by atoms with van der Waals surface area (Å²) in [6.07, 6.45) is 0.827. The van der Waals surface area contributed by atoms with Crippen molar-refractivity contribution in [3.63, 3.8) is 0 Å². The molecule has 0 saturated carbocycles. The molecule has 0 radical (unpaired) electrons. The first-order chi connectivity index (χ1) is 9.81. The fourth-order valence-electron chi connectivity index (χ4n) is 2.75. The third kappa shape index (κ3) is 2.63. The van der Waals surface area contributed by atoms with Gasteiger partial charge in [-0.2, -0.15) is 0 Å². The van der Waals surface area contributed by atoms with Crippen molar-refractivity contribution in [1.82, 2.24) is 14.9 Å². The van der Waals surface area contributed by atoms with Crippen LogP contribution in [0.4, 0.5) is 5.82 Å². The highest BCUT2D eigenvalue weighted by atomic mass is 16.5. The summed E-state index contributed by atoms with van der Waals surface area (Å²) >= 11 is 0. The van der Waals surface area contributed by atoms with E-state index in [1.54, 1.807) is 0 Å². The summed E-state index contributed by atoms with van der Waals surface area (Å²) in [6, 6.07) is 0. The van der Waals surface area contributed by atoms with Crippen molar-refractivity contribution in [2.24, 2.45) is 0 Å². The molecule has 1 aromatic rings. The first-order valence-corrected chi connectivity index (χ1v) is 7.31. The molecule has 1 atom stereocenters. The molecule has 1 saturated heterocycles. The van der Waals surface area contributed by atoms with Crippen molar-refractivity contribution in [1.29, 1.82) is 0 Å². The summed E-state index contributed by atoms with van der Waals surface area (Å²) in [5.74, 6) is 1.68. The van der Waals surface area contributed by atoms with E-state index in [2.05, 4.69) is 22.1 Å². The number of anilines is 1. The van der Waals surface area contributed by atoms with Gasteiger partial charge in [0.05, 0.1) is 25.5 Å². The minimum absolute atomic E-state index is 0.0241. The van der Waals surface area contributed by atoms with E-state index in [0.717, 1.165) is 62.2 Å². The van der Waals surface area contributed by atoms with Gasteiger partial charge in [0.1, 0.15) is 11.9 Å². The molecular weight excluding hydrogens is 256 g/mol. The minimum atomic E-state index is -0.0241. The van der Waals surface area contributed by atoms with Crippen molar-refractivity contribution in [2.45, 2.75) is 26.1 Å². The third-order valence-corrected chi connectivity index (χ3v) is 3.96. The Morgan fingerprint density at radius 1 is 1.35 bits per heavy atom. The van der Waals surface area contributed by atoms with Crippen LogP contribution in [-0.4, -0.2) is 54.8 Å². The summed E-state index contributed by atoms with van der Waals surface area (Å²) in [5.41, 5.74) is 2.19. The molecular formula is C14H22N4O2. The zero-order valence-electron chi connectivity index (χ0n) is 12.2. The van der Waals surface area contributed by atoms with Crippen molar-refractivity contribution < 1.29 is 9.47 Å². The Hall–Kier alpha value is -1.24. The topological polar surface area (TPSA) is 59.5 Å². The summed E-state index contributed by atoms with van der Waals surface area (Å²) in [6.45, 7) is 7.15. The Morgan fingerprint density at radius 3 is 3.05 bits per heavy atom. The summed E-state index contributed by atoms with van der Waals surface area (Å²) in [7, 11) is 1.89. The number of hydrogen-bond donors (Lipinski definition) is 1. The zero-order valence-corrected chi connectivity index (χ0v) is 12.2. The van der Waals surface area contributed by atoms with Gasteiger partial charge in [0.15, 0.2) is 5.82 Å². The van der Waals surface area contributed by atoms with Crippen molar-refractivity contribution in [3.8, 4) is 0 Å². The lowest BCUT2D eigenvalue weighted by molar-refractivity contribution is -0.0327. The second kappa shape index (κ2) is 6.03. The molecule has 0 aromatic carbocycles. The highest BCUT2D eigenvalue weighted by molar-refractivity contribution is 5.46. The van der Waals surface area contributed by atoms with Crippen molar-refractivity contribution in [3.05, 3.63) is 17.1 Å². The average molecular weight is 278 g/mol. The predicted octanol–water partition coefficient (Wildman–Crippen LogP) is 0.984. The lowest BCUT2D eigenvalue weighted by atomic mass is 10.1. The first kappa shape index (κ1) is 13.7. The van der Waals surface area contributed by atoms with Crippen molar-refractivity contribution in [2.75, 3.05) is 45.2 Å². The van der Waals surface area contributed by atoms with Crippen LogP contribution in [-0.2, 0) is 22.5 Å². The molecule has 1 aromatic heterocycles. The Labute approximate surface area is 119 Å². The molecule has 0 aliphatic carbocycles. The number of fused-ring (bicyclic) bond motifs is 1. The molecule has 1 fully saturated rings. The largest absolute Gasteiger partial charge is 0.376 e. The molecule has 3 heterocycles. The van der Waals surface area contributed by atoms with Crippen molar-refractivity contribution >= 4 is 5.82 Å². The molecule has 3 rings (SSSR count). The molecule has 6 nitrogen and oxygen atoms in total. The highest BCUT2D eigenvalue weighted by Crippen LogP contribution is 2.26. The van der Waals surface area contributed by atoms with E-state index in [1.807, 2.05) is 7.05 Å². The number of likely N-dealkylation sites (N-methyl/N-ethyl adjacent to an activating group) is 1. The maximum absolute atomic E-state index is 5.86. The number of morpholine rings is 1. The van der Waals surface area contributed by atoms with Crippen LogP contribution in [0.5, 0.6) is 0 Å². The van der Waals surface area contributed by atoms with Crippen LogP contribution in [0.15, 0.2) is 0 Å². The smallest absolute Gasteiger partial charge is 0.161 e. The second-order valence-corrected chi connectivity index (χ2v) is 5.16. The maximum atomic E-state index is 5.86. The van der Waals surface area contributed by atoms with Crippen LogP contribution in [0.2, 0.25) is 0 Å². The zero-order chi connectivity index (χ0) is 13.9. The van der Waals surface area contributed by atoms with Gasteiger partial charge in [-0.1, -0.05) is 6.92 Å². The van der Waals surface area contributed by atoms with E-state index in [9.17, 15) is 0 Å². The van der Waals surface area contributed by atoms with Gasteiger partial charge in [0, 0.05) is 32.1 Å². The molecule has 0 bridgehead atoms. The normalized spacial score (nSPS) is 23.4. The van der Waals surface area contributed by atoms with E-state index in [0.29, 0.717) is 6.61 Å². The molecule has 0 amide bonds. The van der Waals surface area contributed by atoms with Gasteiger partial charge in [-0.25, -0.2) is 9.97 Å². The van der Waals surface area contributed by atoms with Crippen LogP contribution in [0.1, 0.15) is 30.1 Å². The molecule has 0 spiro atoms. The summed E-state index contributed by atoms with van der Waals surface area (Å²) in [5, 5.41) is 3.16. The Morgan fingerprint density at radius 2 is 2.25 bits per heavy atom.